The van der Waals surface area contributed by atoms with Gasteiger partial charge in [-0.15, -0.1) is 0 Å². The van der Waals surface area contributed by atoms with E-state index in [9.17, 15) is 9.59 Å². The summed E-state index contributed by atoms with van der Waals surface area (Å²) in [5.74, 6) is -0.366. The number of carbonyl (C=O) groups excluding carboxylic acids is 2. The first-order valence-corrected chi connectivity index (χ1v) is 5.38. The van der Waals surface area contributed by atoms with Crippen LogP contribution in [0, 0.1) is 0 Å². The summed E-state index contributed by atoms with van der Waals surface area (Å²) in [6, 6.07) is 7.52. The van der Waals surface area contributed by atoms with E-state index in [4.69, 9.17) is 0 Å². The minimum Gasteiger partial charge on any atom is -0.300 e. The van der Waals surface area contributed by atoms with E-state index in [1.807, 2.05) is 31.2 Å². The van der Waals surface area contributed by atoms with Gasteiger partial charge in [-0.1, -0.05) is 25.1 Å². The minimum atomic E-state index is -0.183. The van der Waals surface area contributed by atoms with Crippen LogP contribution in [0.25, 0.3) is 0 Å². The fourth-order valence-corrected chi connectivity index (χ4v) is 1.87. The largest absolute Gasteiger partial charge is 0.300 e. The lowest BCUT2D eigenvalue weighted by Crippen LogP contribution is -2.52. The molecule has 0 aromatic heterocycles. The summed E-state index contributed by atoms with van der Waals surface area (Å²) in [7, 11) is 0. The summed E-state index contributed by atoms with van der Waals surface area (Å²) >= 11 is 0. The van der Waals surface area contributed by atoms with Gasteiger partial charge in [0.25, 0.3) is 0 Å². The number of carbonyl (C=O) groups is 2. The van der Waals surface area contributed by atoms with Crippen molar-refractivity contribution in [2.75, 3.05) is 18.0 Å². The molecule has 1 aliphatic heterocycles. The summed E-state index contributed by atoms with van der Waals surface area (Å²) in [5.41, 5.74) is 1.74. The molecule has 1 heterocycles. The number of nitrogens with zero attached hydrogens (tertiary/aromatic N) is 1. The minimum absolute atomic E-state index is 0.183. The Kier molecular flexibility index (Phi) is 3.01. The Labute approximate surface area is 94.2 Å². The van der Waals surface area contributed by atoms with Gasteiger partial charge in [0.2, 0.25) is 11.8 Å². The van der Waals surface area contributed by atoms with Crippen LogP contribution < -0.4 is 10.2 Å². The van der Waals surface area contributed by atoms with Crippen LogP contribution in [0.1, 0.15) is 12.5 Å². The van der Waals surface area contributed by atoms with Gasteiger partial charge in [-0.3, -0.25) is 14.9 Å². The number of hydrogen-bond donors (Lipinski definition) is 1. The summed E-state index contributed by atoms with van der Waals surface area (Å²) in [6.45, 7) is 2.46. The molecule has 0 saturated carbocycles. The van der Waals surface area contributed by atoms with Crippen molar-refractivity contribution in [1.29, 1.82) is 0 Å². The second kappa shape index (κ2) is 4.45. The predicted octanol–water partition coefficient (Wildman–Crippen LogP) is 0.712. The van der Waals surface area contributed by atoms with Gasteiger partial charge in [-0.25, -0.2) is 4.90 Å². The molecule has 2 rings (SSSR count). The first-order valence-electron chi connectivity index (χ1n) is 5.38. The van der Waals surface area contributed by atoms with Crippen molar-refractivity contribution >= 4 is 17.5 Å². The second-order valence-electron chi connectivity index (χ2n) is 3.71. The van der Waals surface area contributed by atoms with Gasteiger partial charge in [0, 0.05) is 0 Å². The van der Waals surface area contributed by atoms with Gasteiger partial charge in [-0.05, 0) is 18.1 Å². The third-order valence-corrected chi connectivity index (χ3v) is 2.66. The highest BCUT2D eigenvalue weighted by Gasteiger charge is 2.28. The summed E-state index contributed by atoms with van der Waals surface area (Å²) in [4.78, 5) is 24.7. The highest BCUT2D eigenvalue weighted by Crippen LogP contribution is 2.22. The molecule has 0 aliphatic carbocycles. The number of amides is 2. The third-order valence-electron chi connectivity index (χ3n) is 2.66. The smallest absolute Gasteiger partial charge is 0.247 e. The van der Waals surface area contributed by atoms with Crippen LogP contribution in [-0.4, -0.2) is 24.9 Å². The third kappa shape index (κ3) is 1.84. The van der Waals surface area contributed by atoms with Gasteiger partial charge in [-0.2, -0.15) is 0 Å². The number of benzene rings is 1. The van der Waals surface area contributed by atoms with Crippen LogP contribution in [-0.2, 0) is 16.0 Å². The molecule has 1 fully saturated rings. The molecule has 4 nitrogen and oxygen atoms in total. The van der Waals surface area contributed by atoms with Crippen molar-refractivity contribution in [3.8, 4) is 0 Å². The Hall–Kier alpha value is -1.68. The SMILES string of the molecule is CCc1ccccc1N1C(=O)CNCC1=O. The van der Waals surface area contributed by atoms with Crippen LogP contribution in [0.15, 0.2) is 24.3 Å². The monoisotopic (exact) mass is 218 g/mol. The Morgan fingerprint density at radius 2 is 1.81 bits per heavy atom. The molecule has 2 amide bonds. The molecule has 1 saturated heterocycles. The number of hydrogen-bond acceptors (Lipinski definition) is 3. The van der Waals surface area contributed by atoms with Gasteiger partial charge in [0.1, 0.15) is 0 Å². The molecule has 84 valence electrons. The molecule has 0 spiro atoms. The van der Waals surface area contributed by atoms with Crippen molar-refractivity contribution in [2.24, 2.45) is 0 Å². The average molecular weight is 218 g/mol. The number of aryl methyl sites for hydroxylation is 1. The van der Waals surface area contributed by atoms with Crippen LogP contribution in [0.2, 0.25) is 0 Å². The maximum atomic E-state index is 11.7. The number of anilines is 1. The Morgan fingerprint density at radius 3 is 2.44 bits per heavy atom. The van der Waals surface area contributed by atoms with Crippen molar-refractivity contribution in [3.63, 3.8) is 0 Å². The van der Waals surface area contributed by atoms with E-state index < -0.39 is 0 Å². The van der Waals surface area contributed by atoms with Crippen molar-refractivity contribution < 1.29 is 9.59 Å². The lowest BCUT2D eigenvalue weighted by molar-refractivity contribution is -0.127. The molecule has 16 heavy (non-hydrogen) atoms. The highest BCUT2D eigenvalue weighted by molar-refractivity contribution is 6.18. The Bertz CT molecular complexity index is 413. The van der Waals surface area contributed by atoms with Crippen LogP contribution in [0.4, 0.5) is 5.69 Å². The molecular formula is C12H14N2O2. The number of rotatable bonds is 2. The van der Waals surface area contributed by atoms with E-state index in [2.05, 4.69) is 5.32 Å². The molecule has 1 aromatic carbocycles. The molecule has 4 heteroatoms. The molecule has 0 bridgehead atoms. The number of nitrogens with one attached hydrogen (secondary N) is 1. The topological polar surface area (TPSA) is 49.4 Å². The first-order chi connectivity index (χ1) is 7.74. The number of para-hydroxylation sites is 1. The zero-order chi connectivity index (χ0) is 11.5. The predicted molar refractivity (Wildman–Crippen MR) is 61.2 cm³/mol. The molecular weight excluding hydrogens is 204 g/mol. The summed E-state index contributed by atoms with van der Waals surface area (Å²) in [6.07, 6.45) is 0.806. The van der Waals surface area contributed by atoms with Crippen molar-refractivity contribution in [2.45, 2.75) is 13.3 Å². The van der Waals surface area contributed by atoms with E-state index in [0.29, 0.717) is 0 Å². The van der Waals surface area contributed by atoms with Crippen molar-refractivity contribution in [3.05, 3.63) is 29.8 Å². The number of imide groups is 1. The standard InChI is InChI=1S/C12H14N2O2/c1-2-9-5-3-4-6-10(9)14-11(15)7-13-8-12(14)16/h3-6,13H,2,7-8H2,1H3. The fraction of sp³-hybridized carbons (Fsp3) is 0.333. The Balaban J connectivity index is 2.41. The molecule has 1 aromatic rings. The lowest BCUT2D eigenvalue weighted by Gasteiger charge is -2.27. The fourth-order valence-electron chi connectivity index (χ4n) is 1.87. The van der Waals surface area contributed by atoms with Gasteiger partial charge in [0.05, 0.1) is 18.8 Å². The maximum absolute atomic E-state index is 11.7. The average Bonchev–Trinajstić information content (AvgIpc) is 2.29. The van der Waals surface area contributed by atoms with Gasteiger partial charge in [0.15, 0.2) is 0 Å². The van der Waals surface area contributed by atoms with Gasteiger partial charge >= 0.3 is 0 Å². The molecule has 1 N–H and O–H groups in total. The summed E-state index contributed by atoms with van der Waals surface area (Å²) < 4.78 is 0. The van der Waals surface area contributed by atoms with E-state index in [1.54, 1.807) is 0 Å². The molecule has 0 radical (unpaired) electrons. The second-order valence-corrected chi connectivity index (χ2v) is 3.71. The van der Waals surface area contributed by atoms with E-state index >= 15 is 0 Å². The summed E-state index contributed by atoms with van der Waals surface area (Å²) in [5, 5.41) is 2.78. The Morgan fingerprint density at radius 1 is 1.19 bits per heavy atom. The normalized spacial score (nSPS) is 16.7. The molecule has 0 atom stereocenters. The lowest BCUT2D eigenvalue weighted by atomic mass is 10.1. The highest BCUT2D eigenvalue weighted by atomic mass is 16.2. The van der Waals surface area contributed by atoms with Gasteiger partial charge < -0.3 is 0 Å². The van der Waals surface area contributed by atoms with Crippen molar-refractivity contribution in [1.82, 2.24) is 5.32 Å². The zero-order valence-electron chi connectivity index (χ0n) is 9.19. The quantitative estimate of drug-likeness (QED) is 0.744. The van der Waals surface area contributed by atoms with Crippen LogP contribution in [0.3, 0.4) is 0 Å². The first kappa shape index (κ1) is 10.8. The van der Waals surface area contributed by atoms with E-state index in [-0.39, 0.29) is 24.9 Å². The van der Waals surface area contributed by atoms with E-state index in [0.717, 1.165) is 17.7 Å². The maximum Gasteiger partial charge on any atom is 0.247 e. The molecule has 1 aliphatic rings. The molecule has 0 unspecified atom stereocenters. The van der Waals surface area contributed by atoms with Crippen LogP contribution in [0.5, 0.6) is 0 Å². The van der Waals surface area contributed by atoms with Crippen LogP contribution >= 0.6 is 0 Å². The zero-order valence-corrected chi connectivity index (χ0v) is 9.19. The number of piperazine rings is 1. The van der Waals surface area contributed by atoms with E-state index in [1.165, 1.54) is 4.90 Å².